The second-order valence-electron chi connectivity index (χ2n) is 7.28. The quantitative estimate of drug-likeness (QED) is 0.0757. The molecule has 1 rings (SSSR count). The van der Waals surface area contributed by atoms with E-state index < -0.39 is 45.2 Å². The van der Waals surface area contributed by atoms with Gasteiger partial charge in [-0.3, -0.25) is 13.9 Å². The van der Waals surface area contributed by atoms with Gasteiger partial charge in [-0.1, -0.05) is 0 Å². The monoisotopic (exact) mass is 550 g/mol. The van der Waals surface area contributed by atoms with Crippen LogP contribution in [0.4, 0.5) is 11.4 Å². The number of anilines is 1. The first kappa shape index (κ1) is 30.0. The van der Waals surface area contributed by atoms with Crippen LogP contribution in [0.1, 0.15) is 13.3 Å². The normalized spacial score (nSPS) is 13.9. The topological polar surface area (TPSA) is 193 Å². The van der Waals surface area contributed by atoms with Gasteiger partial charge in [0, 0.05) is 30.8 Å². The number of carbonyl (C=O) groups is 2. The van der Waals surface area contributed by atoms with Crippen LogP contribution >= 0.6 is 38.4 Å². The summed E-state index contributed by atoms with van der Waals surface area (Å²) < 4.78 is 22.6. The number of alkyl halides is 2. The Morgan fingerprint density at radius 1 is 1.09 bits per heavy atom. The summed E-state index contributed by atoms with van der Waals surface area (Å²) in [5, 5.41) is 11.4. The van der Waals surface area contributed by atoms with Crippen molar-refractivity contribution in [3.05, 3.63) is 24.3 Å². The van der Waals surface area contributed by atoms with E-state index in [1.165, 1.54) is 6.92 Å². The summed E-state index contributed by atoms with van der Waals surface area (Å²) in [6.45, 7) is 1.57. The summed E-state index contributed by atoms with van der Waals surface area (Å²) in [5.74, 6) is -0.169. The lowest BCUT2D eigenvalue weighted by molar-refractivity contribution is -0.121. The highest BCUT2D eigenvalue weighted by Gasteiger charge is 2.58. The Morgan fingerprint density at radius 2 is 1.58 bits per heavy atom. The van der Waals surface area contributed by atoms with Gasteiger partial charge in [0.05, 0.1) is 11.8 Å². The average Bonchev–Trinajstić information content (AvgIpc) is 2.72. The van der Waals surface area contributed by atoms with Crippen molar-refractivity contribution in [1.29, 1.82) is 0 Å². The van der Waals surface area contributed by atoms with E-state index in [1.54, 1.807) is 24.3 Å². The molecule has 188 valence electrons. The van der Waals surface area contributed by atoms with Crippen LogP contribution < -0.4 is 15.1 Å². The molecule has 0 spiro atoms. The van der Waals surface area contributed by atoms with E-state index in [2.05, 4.69) is 10.6 Å². The van der Waals surface area contributed by atoms with Crippen LogP contribution in [0.2, 0.25) is 0 Å². The Morgan fingerprint density at radius 3 is 1.97 bits per heavy atom. The van der Waals surface area contributed by atoms with Crippen molar-refractivity contribution in [2.24, 2.45) is 0 Å². The van der Waals surface area contributed by atoms with Crippen LogP contribution in [0.5, 0.6) is 0 Å². The number of hydrogen-bond acceptors (Lipinski definition) is 6. The Labute approximate surface area is 200 Å². The highest BCUT2D eigenvalue weighted by atomic mass is 35.5. The van der Waals surface area contributed by atoms with E-state index in [9.17, 15) is 23.8 Å². The number of nitrogens with zero attached hydrogens (tertiary/aromatic N) is 1. The summed E-state index contributed by atoms with van der Waals surface area (Å²) in [6, 6.07) is 5.78. The van der Waals surface area contributed by atoms with E-state index in [-0.39, 0.29) is 16.2 Å². The molecule has 0 saturated heterocycles. The maximum atomic E-state index is 12.3. The lowest BCUT2D eigenvalue weighted by atomic mass is 10.2. The minimum atomic E-state index is -5.60. The number of carbonyl (C=O) groups excluding carboxylic acids is 2. The molecule has 1 aromatic carbocycles. The molecule has 0 heterocycles. The molecule has 0 aliphatic carbocycles. The van der Waals surface area contributed by atoms with E-state index in [0.717, 1.165) is 6.41 Å². The van der Waals surface area contributed by atoms with Gasteiger partial charge in [0.25, 0.3) is 5.08 Å². The van der Waals surface area contributed by atoms with E-state index in [4.69, 9.17) is 42.8 Å². The first-order chi connectivity index (χ1) is 15.2. The van der Waals surface area contributed by atoms with Gasteiger partial charge >= 0.3 is 21.6 Å². The number of quaternary nitrogens is 1. The van der Waals surface area contributed by atoms with Crippen LogP contribution in [0, 0.1) is 0 Å². The van der Waals surface area contributed by atoms with Gasteiger partial charge < -0.3 is 35.3 Å². The SMILES string of the molecule is C[C@H](Nc1ccc([N+](C=O)(CCCl)CCCl)cc1)C(=O)NCCC(O)(P(=O)(O)O)P(=O)(O)O. The number of aliphatic hydroxyl groups is 1. The predicted molar refractivity (Wildman–Crippen MR) is 125 cm³/mol. The first-order valence-electron chi connectivity index (χ1n) is 9.61. The first-order valence-corrected chi connectivity index (χ1v) is 13.9. The zero-order chi connectivity index (χ0) is 25.5. The zero-order valence-corrected chi connectivity index (χ0v) is 21.0. The molecule has 0 saturated carbocycles. The van der Waals surface area contributed by atoms with Gasteiger partial charge in [-0.25, -0.2) is 9.28 Å². The lowest BCUT2D eigenvalue weighted by Gasteiger charge is -2.30. The van der Waals surface area contributed by atoms with Crippen LogP contribution in [0.25, 0.3) is 0 Å². The van der Waals surface area contributed by atoms with Gasteiger partial charge in [0.1, 0.15) is 24.8 Å². The number of amides is 2. The van der Waals surface area contributed by atoms with Crippen LogP contribution in [0.3, 0.4) is 0 Å². The Kier molecular flexibility index (Phi) is 11.0. The molecule has 33 heavy (non-hydrogen) atoms. The summed E-state index contributed by atoms with van der Waals surface area (Å²) in [4.78, 5) is 60.4. The molecule has 1 atom stereocenters. The lowest BCUT2D eigenvalue weighted by Crippen LogP contribution is -2.50. The fourth-order valence-electron chi connectivity index (χ4n) is 2.98. The van der Waals surface area contributed by atoms with Gasteiger partial charge in [-0.05, 0) is 19.1 Å². The molecule has 12 nitrogen and oxygen atoms in total. The molecule has 1 aromatic rings. The fourth-order valence-corrected chi connectivity index (χ4v) is 5.74. The number of nitrogens with one attached hydrogen (secondary N) is 2. The minimum absolute atomic E-state index is 0.0641. The summed E-state index contributed by atoms with van der Waals surface area (Å²) >= 11 is 11.7. The molecule has 0 bridgehead atoms. The van der Waals surface area contributed by atoms with Crippen molar-refractivity contribution >= 4 is 62.1 Å². The Balaban J connectivity index is 2.81. The maximum absolute atomic E-state index is 12.3. The van der Waals surface area contributed by atoms with Gasteiger partial charge in [-0.2, -0.15) is 0 Å². The summed E-state index contributed by atoms with van der Waals surface area (Å²) in [6.07, 6.45) is -0.304. The van der Waals surface area contributed by atoms with Gasteiger partial charge in [0.2, 0.25) is 5.91 Å². The van der Waals surface area contributed by atoms with E-state index >= 15 is 0 Å². The molecule has 16 heteroatoms. The van der Waals surface area contributed by atoms with Gasteiger partial charge in [0.15, 0.2) is 0 Å². The Hall–Kier alpha value is -1.04. The second kappa shape index (κ2) is 12.1. The molecule has 0 aliphatic heterocycles. The third-order valence-electron chi connectivity index (χ3n) is 5.02. The van der Waals surface area contributed by atoms with Crippen molar-refractivity contribution < 1.29 is 43.4 Å². The van der Waals surface area contributed by atoms with Crippen molar-refractivity contribution in [2.45, 2.75) is 24.5 Å². The molecule has 0 aromatic heterocycles. The highest BCUT2D eigenvalue weighted by molar-refractivity contribution is 7.72. The van der Waals surface area contributed by atoms with Crippen LogP contribution in [0.15, 0.2) is 24.3 Å². The molecule has 0 fully saturated rings. The molecular weight excluding hydrogens is 523 g/mol. The highest BCUT2D eigenvalue weighted by Crippen LogP contribution is 2.68. The van der Waals surface area contributed by atoms with Crippen LogP contribution in [-0.2, 0) is 18.7 Å². The number of halogens is 2. The molecular formula is C17H28Cl2N3O9P2+. The van der Waals surface area contributed by atoms with Crippen molar-refractivity contribution in [1.82, 2.24) is 9.80 Å². The molecule has 7 N–H and O–H groups in total. The largest absolute Gasteiger partial charge is 0.374 e. The van der Waals surface area contributed by atoms with Crippen molar-refractivity contribution in [3.8, 4) is 0 Å². The van der Waals surface area contributed by atoms with Crippen molar-refractivity contribution in [2.75, 3.05) is 36.7 Å². The molecule has 0 unspecified atom stereocenters. The van der Waals surface area contributed by atoms with Gasteiger partial charge in [-0.15, -0.1) is 23.2 Å². The Bertz CT molecular complexity index is 879. The number of benzene rings is 1. The predicted octanol–water partition coefficient (Wildman–Crippen LogP) is 0.936. The van der Waals surface area contributed by atoms with Crippen molar-refractivity contribution in [3.63, 3.8) is 0 Å². The second-order valence-corrected chi connectivity index (χ2v) is 12.0. The maximum Gasteiger partial charge on any atom is 0.369 e. The summed E-state index contributed by atoms with van der Waals surface area (Å²) in [5.41, 5.74) is 1.17. The number of rotatable bonds is 14. The third kappa shape index (κ3) is 7.47. The molecule has 0 radical (unpaired) electrons. The molecule has 2 amide bonds. The standard InChI is InChI=1S/C17H27Cl2N3O9P2/c1-13(16(24)20-9-6-17(25,32(26,27)28)33(29,30)31)21-14-2-4-15(5-3-14)22(12-23,10-7-18)11-8-19/h2-5,12-13,21,25H,6-11H2,1H3,(H4-,20,24,26,27,28,29,30,31)/p+1/t13-/m0/s1. The summed E-state index contributed by atoms with van der Waals surface area (Å²) in [7, 11) is -11.2. The fraction of sp³-hybridized carbons (Fsp3) is 0.529. The van der Waals surface area contributed by atoms with E-state index in [0.29, 0.717) is 24.5 Å². The average molecular weight is 551 g/mol. The van der Waals surface area contributed by atoms with Crippen LogP contribution in [-0.4, -0.2) is 79.5 Å². The smallest absolute Gasteiger partial charge is 0.369 e. The third-order valence-corrected chi connectivity index (χ3v) is 9.23. The number of hydrogen-bond donors (Lipinski definition) is 7. The zero-order valence-electron chi connectivity index (χ0n) is 17.7. The molecule has 0 aliphatic rings. The van der Waals surface area contributed by atoms with E-state index in [1.807, 2.05) is 0 Å². The minimum Gasteiger partial charge on any atom is -0.374 e.